The van der Waals surface area contributed by atoms with Crippen molar-refractivity contribution >= 4 is 15.6 Å². The van der Waals surface area contributed by atoms with Gasteiger partial charge in [0, 0.05) is 0 Å². The van der Waals surface area contributed by atoms with E-state index in [0.717, 1.165) is 4.32 Å². The van der Waals surface area contributed by atoms with E-state index in [-0.39, 0.29) is 0 Å². The van der Waals surface area contributed by atoms with Gasteiger partial charge in [-0.2, -0.15) is 0 Å². The zero-order valence-electron chi connectivity index (χ0n) is 4.96. The van der Waals surface area contributed by atoms with Crippen LogP contribution in [0.4, 0.5) is 0 Å². The molecule has 0 amide bonds. The van der Waals surface area contributed by atoms with Crippen molar-refractivity contribution in [3.63, 3.8) is 0 Å². The van der Waals surface area contributed by atoms with Crippen molar-refractivity contribution in [2.75, 3.05) is 0 Å². The summed E-state index contributed by atoms with van der Waals surface area (Å²) in [6.45, 7) is 0. The molecule has 44 valence electrons. The molecule has 8 heavy (non-hydrogen) atoms. The van der Waals surface area contributed by atoms with E-state index < -0.39 is 0 Å². The Balaban J connectivity index is 3.42. The second-order valence-corrected chi connectivity index (χ2v) is 2.57. The summed E-state index contributed by atoms with van der Waals surface area (Å²) in [4.78, 5) is 0. The van der Waals surface area contributed by atoms with Crippen LogP contribution in [0, 0.1) is 4.32 Å². The maximum atomic E-state index is 2.94. The van der Waals surface area contributed by atoms with Gasteiger partial charge in [0.15, 0.2) is 0 Å². The first-order valence-electron chi connectivity index (χ1n) is 2.40. The summed E-state index contributed by atoms with van der Waals surface area (Å²) in [6.07, 6.45) is 4.01. The Morgan fingerprint density at radius 1 is 1.25 bits per heavy atom. The standard InChI is InChI=1S/C5H8N2Se/c1-6-3-4-7(2)5(6)8/h3-4H,1-2H3. The molecule has 0 radical (unpaired) electrons. The molecule has 3 heteroatoms. The molecule has 0 aliphatic rings. The Bertz CT molecular complexity index is 210. The molecule has 2 nitrogen and oxygen atoms in total. The van der Waals surface area contributed by atoms with Gasteiger partial charge in [-0.15, -0.1) is 0 Å². The van der Waals surface area contributed by atoms with Gasteiger partial charge in [0.2, 0.25) is 0 Å². The van der Waals surface area contributed by atoms with E-state index in [1.54, 1.807) is 0 Å². The van der Waals surface area contributed by atoms with Gasteiger partial charge in [0.25, 0.3) is 0 Å². The van der Waals surface area contributed by atoms with Gasteiger partial charge in [-0.3, -0.25) is 0 Å². The monoisotopic (exact) mass is 176 g/mol. The van der Waals surface area contributed by atoms with E-state index in [0.29, 0.717) is 0 Å². The first kappa shape index (κ1) is 5.86. The molecule has 0 bridgehead atoms. The molecule has 0 N–H and O–H groups in total. The van der Waals surface area contributed by atoms with Crippen LogP contribution in [0.3, 0.4) is 0 Å². The molecule has 0 saturated carbocycles. The van der Waals surface area contributed by atoms with Crippen molar-refractivity contribution in [1.82, 2.24) is 9.13 Å². The molecule has 0 saturated heterocycles. The van der Waals surface area contributed by atoms with Crippen molar-refractivity contribution < 1.29 is 0 Å². The Labute approximate surface area is 56.1 Å². The summed E-state index contributed by atoms with van der Waals surface area (Å²) < 4.78 is 5.20. The van der Waals surface area contributed by atoms with Gasteiger partial charge in [-0.1, -0.05) is 0 Å². The Hall–Kier alpha value is -0.271. The SMILES string of the molecule is Cn1ccn(C)c1=[Se]. The zero-order chi connectivity index (χ0) is 6.15. The molecule has 1 heterocycles. The molecule has 0 aromatic carbocycles. The predicted octanol–water partition coefficient (Wildman–Crippen LogP) is 0.0641. The summed E-state index contributed by atoms with van der Waals surface area (Å²) in [5.41, 5.74) is 0. The van der Waals surface area contributed by atoms with Crippen LogP contribution in [0.2, 0.25) is 0 Å². The minimum atomic E-state index is 1.14. The number of hydrogen-bond donors (Lipinski definition) is 0. The second-order valence-electron chi connectivity index (χ2n) is 1.80. The van der Waals surface area contributed by atoms with Crippen LogP contribution in [-0.4, -0.2) is 24.7 Å². The topological polar surface area (TPSA) is 9.86 Å². The first-order chi connectivity index (χ1) is 3.72. The molecular weight excluding hydrogens is 167 g/mol. The van der Waals surface area contributed by atoms with Crippen molar-refractivity contribution in [3.05, 3.63) is 16.7 Å². The molecule has 0 fully saturated rings. The van der Waals surface area contributed by atoms with Crippen molar-refractivity contribution in [2.24, 2.45) is 14.1 Å². The molecule has 0 aliphatic heterocycles. The third-order valence-electron chi connectivity index (χ3n) is 1.12. The Kier molecular flexibility index (Phi) is 1.41. The van der Waals surface area contributed by atoms with E-state index in [1.165, 1.54) is 0 Å². The van der Waals surface area contributed by atoms with Crippen molar-refractivity contribution in [3.8, 4) is 0 Å². The quantitative estimate of drug-likeness (QED) is 0.493. The van der Waals surface area contributed by atoms with E-state index >= 15 is 0 Å². The fraction of sp³-hybridized carbons (Fsp3) is 0.400. The van der Waals surface area contributed by atoms with E-state index in [4.69, 9.17) is 0 Å². The molecule has 0 unspecified atom stereocenters. The summed E-state index contributed by atoms with van der Waals surface area (Å²) in [6, 6.07) is 0. The minimum absolute atomic E-state index is 1.14. The number of aromatic nitrogens is 2. The van der Waals surface area contributed by atoms with Crippen LogP contribution in [-0.2, 0) is 14.1 Å². The molecule has 1 rings (SSSR count). The number of aryl methyl sites for hydroxylation is 2. The number of nitrogens with zero attached hydrogens (tertiary/aromatic N) is 2. The third kappa shape index (κ3) is 0.791. The van der Waals surface area contributed by atoms with Crippen LogP contribution in [0.1, 0.15) is 0 Å². The van der Waals surface area contributed by atoms with Gasteiger partial charge in [-0.25, -0.2) is 0 Å². The van der Waals surface area contributed by atoms with Gasteiger partial charge < -0.3 is 0 Å². The molecule has 1 aromatic heterocycles. The normalized spacial score (nSPS) is 9.75. The summed E-state index contributed by atoms with van der Waals surface area (Å²) in [5.74, 6) is 0. The molecule has 0 atom stereocenters. The Morgan fingerprint density at radius 3 is 1.75 bits per heavy atom. The molecule has 1 aromatic rings. The average Bonchev–Trinajstić information content (AvgIpc) is 1.98. The van der Waals surface area contributed by atoms with Gasteiger partial charge in [-0.05, 0) is 0 Å². The van der Waals surface area contributed by atoms with Crippen LogP contribution < -0.4 is 0 Å². The second kappa shape index (κ2) is 1.92. The predicted molar refractivity (Wildman–Crippen MR) is 33.4 cm³/mol. The van der Waals surface area contributed by atoms with Crippen LogP contribution in [0.25, 0.3) is 0 Å². The summed E-state index contributed by atoms with van der Waals surface area (Å²) >= 11 is 2.94. The summed E-state index contributed by atoms with van der Waals surface area (Å²) in [7, 11) is 4.01. The number of imidazole rings is 1. The first-order valence-corrected chi connectivity index (χ1v) is 3.25. The fourth-order valence-electron chi connectivity index (χ4n) is 0.576. The van der Waals surface area contributed by atoms with E-state index in [2.05, 4.69) is 15.6 Å². The van der Waals surface area contributed by atoms with Crippen LogP contribution in [0.15, 0.2) is 12.4 Å². The zero-order valence-corrected chi connectivity index (χ0v) is 6.67. The van der Waals surface area contributed by atoms with Gasteiger partial charge in [0.05, 0.1) is 0 Å². The van der Waals surface area contributed by atoms with Crippen LogP contribution in [0.5, 0.6) is 0 Å². The number of hydrogen-bond acceptors (Lipinski definition) is 0. The Morgan fingerprint density at radius 2 is 1.62 bits per heavy atom. The van der Waals surface area contributed by atoms with Crippen LogP contribution >= 0.6 is 0 Å². The third-order valence-corrected chi connectivity index (χ3v) is 2.33. The molecule has 0 aliphatic carbocycles. The number of rotatable bonds is 0. The average molecular weight is 175 g/mol. The fourth-order valence-corrected chi connectivity index (χ4v) is 0.832. The molecule has 0 spiro atoms. The van der Waals surface area contributed by atoms with E-state index in [1.807, 2.05) is 35.6 Å². The maximum absolute atomic E-state index is 2.94. The molecular formula is C5H8N2Se. The summed E-state index contributed by atoms with van der Waals surface area (Å²) in [5, 5.41) is 0. The van der Waals surface area contributed by atoms with Crippen molar-refractivity contribution in [2.45, 2.75) is 0 Å². The van der Waals surface area contributed by atoms with Crippen molar-refractivity contribution in [1.29, 1.82) is 0 Å². The van der Waals surface area contributed by atoms with Gasteiger partial charge >= 0.3 is 55.5 Å². The van der Waals surface area contributed by atoms with Gasteiger partial charge in [0.1, 0.15) is 0 Å². The van der Waals surface area contributed by atoms with E-state index in [9.17, 15) is 0 Å².